The minimum Gasteiger partial charge on any atom is -0.384 e. The fourth-order valence-electron chi connectivity index (χ4n) is 1.89. The number of nitrogens with zero attached hydrogens (tertiary/aromatic N) is 2. The largest absolute Gasteiger partial charge is 0.384 e. The van der Waals surface area contributed by atoms with E-state index in [0.29, 0.717) is 5.92 Å². The Bertz CT molecular complexity index is 327. The summed E-state index contributed by atoms with van der Waals surface area (Å²) in [5.74, 6) is 0.451. The van der Waals surface area contributed by atoms with Crippen LogP contribution < -0.4 is 5.73 Å². The quantitative estimate of drug-likeness (QED) is 0.875. The van der Waals surface area contributed by atoms with Gasteiger partial charge in [-0.15, -0.1) is 0 Å². The number of aryl methyl sites for hydroxylation is 1. The van der Waals surface area contributed by atoms with E-state index in [2.05, 4.69) is 34.9 Å². The van der Waals surface area contributed by atoms with Crippen LogP contribution in [0, 0.1) is 5.92 Å². The van der Waals surface area contributed by atoms with Crippen molar-refractivity contribution < 1.29 is 4.74 Å². The first-order chi connectivity index (χ1) is 7.60. The zero-order valence-electron chi connectivity index (χ0n) is 10.1. The summed E-state index contributed by atoms with van der Waals surface area (Å²) in [7, 11) is 1.72. The number of rotatable bonds is 6. The zero-order chi connectivity index (χ0) is 12.1. The van der Waals surface area contributed by atoms with Crippen molar-refractivity contribution in [3.05, 3.63) is 16.4 Å². The van der Waals surface area contributed by atoms with Gasteiger partial charge in [-0.1, -0.05) is 6.92 Å². The summed E-state index contributed by atoms with van der Waals surface area (Å²) in [5, 5.41) is 4.27. The molecule has 0 aliphatic heterocycles. The van der Waals surface area contributed by atoms with Crippen molar-refractivity contribution in [3.8, 4) is 0 Å². The van der Waals surface area contributed by atoms with Gasteiger partial charge in [-0.25, -0.2) is 0 Å². The SMILES string of the molecule is CCn1ncc(Br)c1C(N)CC(C)COC. The molecule has 0 fully saturated rings. The molecular formula is C11H20BrN3O. The van der Waals surface area contributed by atoms with E-state index >= 15 is 0 Å². The highest BCUT2D eigenvalue weighted by Crippen LogP contribution is 2.26. The monoisotopic (exact) mass is 289 g/mol. The standard InChI is InChI=1S/C11H20BrN3O/c1-4-15-11(9(12)6-14-15)10(13)5-8(2)7-16-3/h6,8,10H,4-5,7,13H2,1-3H3. The fourth-order valence-corrected chi connectivity index (χ4v) is 2.48. The average molecular weight is 290 g/mol. The van der Waals surface area contributed by atoms with Gasteiger partial charge in [0, 0.05) is 26.3 Å². The van der Waals surface area contributed by atoms with Crippen molar-refractivity contribution in [2.75, 3.05) is 13.7 Å². The van der Waals surface area contributed by atoms with Crippen molar-refractivity contribution in [1.82, 2.24) is 9.78 Å². The lowest BCUT2D eigenvalue weighted by molar-refractivity contribution is 0.151. The molecule has 0 aliphatic rings. The Morgan fingerprint density at radius 3 is 2.88 bits per heavy atom. The van der Waals surface area contributed by atoms with Crippen LogP contribution in [-0.4, -0.2) is 23.5 Å². The summed E-state index contributed by atoms with van der Waals surface area (Å²) in [6.07, 6.45) is 2.71. The van der Waals surface area contributed by atoms with Crippen molar-refractivity contribution in [2.24, 2.45) is 11.7 Å². The van der Waals surface area contributed by atoms with E-state index in [1.54, 1.807) is 13.3 Å². The Morgan fingerprint density at radius 2 is 2.31 bits per heavy atom. The number of nitrogens with two attached hydrogens (primary N) is 1. The molecule has 1 aromatic heterocycles. The van der Waals surface area contributed by atoms with E-state index in [9.17, 15) is 0 Å². The van der Waals surface area contributed by atoms with Gasteiger partial charge in [0.15, 0.2) is 0 Å². The van der Waals surface area contributed by atoms with Gasteiger partial charge in [0.1, 0.15) is 0 Å². The van der Waals surface area contributed by atoms with Crippen LogP contribution in [-0.2, 0) is 11.3 Å². The highest BCUT2D eigenvalue weighted by atomic mass is 79.9. The number of aromatic nitrogens is 2. The summed E-state index contributed by atoms with van der Waals surface area (Å²) < 4.78 is 8.05. The second kappa shape index (κ2) is 6.37. The first-order valence-electron chi connectivity index (χ1n) is 5.55. The molecule has 2 atom stereocenters. The number of halogens is 1. The van der Waals surface area contributed by atoms with E-state index in [1.165, 1.54) is 0 Å². The molecule has 2 unspecified atom stereocenters. The van der Waals surface area contributed by atoms with Gasteiger partial charge in [0.2, 0.25) is 0 Å². The van der Waals surface area contributed by atoms with Crippen molar-refractivity contribution >= 4 is 15.9 Å². The van der Waals surface area contributed by atoms with Crippen LogP contribution in [0.1, 0.15) is 32.0 Å². The molecule has 0 amide bonds. The third-order valence-electron chi connectivity index (χ3n) is 2.59. The average Bonchev–Trinajstić information content (AvgIpc) is 2.59. The summed E-state index contributed by atoms with van der Waals surface area (Å²) in [6.45, 7) is 5.79. The maximum atomic E-state index is 6.20. The van der Waals surface area contributed by atoms with Crippen LogP contribution in [0.5, 0.6) is 0 Å². The molecule has 0 spiro atoms. The van der Waals surface area contributed by atoms with E-state index in [4.69, 9.17) is 10.5 Å². The van der Waals surface area contributed by atoms with Crippen LogP contribution in [0.15, 0.2) is 10.7 Å². The van der Waals surface area contributed by atoms with Crippen LogP contribution in [0.4, 0.5) is 0 Å². The highest BCUT2D eigenvalue weighted by molar-refractivity contribution is 9.10. The Hall–Kier alpha value is -0.390. The minimum absolute atomic E-state index is 0.00183. The molecule has 0 aliphatic carbocycles. The lowest BCUT2D eigenvalue weighted by Crippen LogP contribution is -2.20. The molecule has 2 N–H and O–H groups in total. The molecule has 0 radical (unpaired) electrons. The van der Waals surface area contributed by atoms with E-state index in [-0.39, 0.29) is 6.04 Å². The molecular weight excluding hydrogens is 270 g/mol. The third-order valence-corrected chi connectivity index (χ3v) is 3.20. The van der Waals surface area contributed by atoms with E-state index in [1.807, 2.05) is 4.68 Å². The molecule has 1 aromatic rings. The maximum absolute atomic E-state index is 6.20. The third kappa shape index (κ3) is 3.30. The van der Waals surface area contributed by atoms with Crippen LogP contribution in [0.2, 0.25) is 0 Å². The van der Waals surface area contributed by atoms with Gasteiger partial charge in [0.25, 0.3) is 0 Å². The smallest absolute Gasteiger partial charge is 0.0693 e. The zero-order valence-corrected chi connectivity index (χ0v) is 11.7. The molecule has 1 heterocycles. The molecule has 4 nitrogen and oxygen atoms in total. The molecule has 0 aromatic carbocycles. The first kappa shape index (κ1) is 13.7. The van der Waals surface area contributed by atoms with Gasteiger partial charge in [-0.05, 0) is 35.2 Å². The van der Waals surface area contributed by atoms with Crippen molar-refractivity contribution in [1.29, 1.82) is 0 Å². The number of hydrogen-bond acceptors (Lipinski definition) is 3. The minimum atomic E-state index is 0.00183. The lowest BCUT2D eigenvalue weighted by atomic mass is 10.0. The van der Waals surface area contributed by atoms with Gasteiger partial charge in [0.05, 0.1) is 16.4 Å². The summed E-state index contributed by atoms with van der Waals surface area (Å²) >= 11 is 3.49. The Kier molecular flexibility index (Phi) is 5.44. The van der Waals surface area contributed by atoms with E-state index < -0.39 is 0 Å². The number of methoxy groups -OCH3 is 1. The molecule has 16 heavy (non-hydrogen) atoms. The Labute approximate surface area is 105 Å². The molecule has 0 bridgehead atoms. The normalized spacial score (nSPS) is 15.1. The van der Waals surface area contributed by atoms with Crippen LogP contribution in [0.3, 0.4) is 0 Å². The predicted octanol–water partition coefficient (Wildman–Crippen LogP) is 2.34. The van der Waals surface area contributed by atoms with Gasteiger partial charge in [-0.2, -0.15) is 5.10 Å². The van der Waals surface area contributed by atoms with Crippen molar-refractivity contribution in [3.63, 3.8) is 0 Å². The summed E-state index contributed by atoms with van der Waals surface area (Å²) in [5.41, 5.74) is 7.28. The molecule has 1 rings (SSSR count). The van der Waals surface area contributed by atoms with Crippen molar-refractivity contribution in [2.45, 2.75) is 32.9 Å². The number of ether oxygens (including phenoxy) is 1. The van der Waals surface area contributed by atoms with Crippen LogP contribution >= 0.6 is 15.9 Å². The first-order valence-corrected chi connectivity index (χ1v) is 6.35. The summed E-state index contributed by atoms with van der Waals surface area (Å²) in [6, 6.07) is 0.00183. The summed E-state index contributed by atoms with van der Waals surface area (Å²) in [4.78, 5) is 0. The lowest BCUT2D eigenvalue weighted by Gasteiger charge is -2.18. The Balaban J connectivity index is 2.71. The van der Waals surface area contributed by atoms with Gasteiger partial charge >= 0.3 is 0 Å². The number of hydrogen-bond donors (Lipinski definition) is 1. The second-order valence-electron chi connectivity index (χ2n) is 4.10. The predicted molar refractivity (Wildman–Crippen MR) is 68.2 cm³/mol. The highest BCUT2D eigenvalue weighted by Gasteiger charge is 2.18. The van der Waals surface area contributed by atoms with Crippen LogP contribution in [0.25, 0.3) is 0 Å². The fraction of sp³-hybridized carbons (Fsp3) is 0.727. The topological polar surface area (TPSA) is 53.1 Å². The Morgan fingerprint density at radius 1 is 1.62 bits per heavy atom. The van der Waals surface area contributed by atoms with Gasteiger partial charge < -0.3 is 10.5 Å². The molecule has 0 saturated carbocycles. The maximum Gasteiger partial charge on any atom is 0.0693 e. The van der Waals surface area contributed by atoms with Gasteiger partial charge in [-0.3, -0.25) is 4.68 Å². The molecule has 92 valence electrons. The van der Waals surface area contributed by atoms with E-state index in [0.717, 1.165) is 29.7 Å². The second-order valence-corrected chi connectivity index (χ2v) is 4.95. The molecule has 0 saturated heterocycles. The molecule has 5 heteroatoms.